The van der Waals surface area contributed by atoms with Gasteiger partial charge in [-0.25, -0.2) is 4.79 Å². The van der Waals surface area contributed by atoms with Gasteiger partial charge in [0.25, 0.3) is 0 Å². The number of hydrogen-bond acceptors (Lipinski definition) is 5. The van der Waals surface area contributed by atoms with Crippen molar-refractivity contribution in [2.24, 2.45) is 0 Å². The van der Waals surface area contributed by atoms with Crippen molar-refractivity contribution in [1.82, 2.24) is 10.2 Å². The Hall–Kier alpha value is -3.21. The molecule has 4 aromatic rings. The predicted octanol–water partition coefficient (Wildman–Crippen LogP) is 3.41. The zero-order valence-corrected chi connectivity index (χ0v) is 12.3. The molecular weight excluding hydrogens is 292 g/mol. The van der Waals surface area contributed by atoms with Crippen molar-refractivity contribution in [2.75, 3.05) is 7.11 Å². The Morgan fingerprint density at radius 1 is 0.957 bits per heavy atom. The molecule has 0 unspecified atom stereocenters. The minimum atomic E-state index is -0.373. The molecule has 0 aliphatic heterocycles. The summed E-state index contributed by atoms with van der Waals surface area (Å²) in [4.78, 5) is 12.1. The Labute approximate surface area is 131 Å². The SMILES string of the molecule is COc1ccc(-c2cc3oc(=O)c4ccccc4c3nn2)cc1. The number of fused-ring (bicyclic) bond motifs is 3. The van der Waals surface area contributed by atoms with Crippen LogP contribution >= 0.6 is 0 Å². The van der Waals surface area contributed by atoms with Crippen molar-refractivity contribution in [2.45, 2.75) is 0 Å². The van der Waals surface area contributed by atoms with Crippen molar-refractivity contribution in [3.63, 3.8) is 0 Å². The van der Waals surface area contributed by atoms with E-state index in [9.17, 15) is 4.79 Å². The predicted molar refractivity (Wildman–Crippen MR) is 87.6 cm³/mol. The van der Waals surface area contributed by atoms with Crippen molar-refractivity contribution in [3.05, 3.63) is 65.0 Å². The van der Waals surface area contributed by atoms with Gasteiger partial charge < -0.3 is 9.15 Å². The van der Waals surface area contributed by atoms with E-state index in [4.69, 9.17) is 9.15 Å². The van der Waals surface area contributed by atoms with E-state index in [1.165, 1.54) is 0 Å². The van der Waals surface area contributed by atoms with E-state index >= 15 is 0 Å². The fourth-order valence-electron chi connectivity index (χ4n) is 2.56. The molecular formula is C18H12N2O3. The summed E-state index contributed by atoms with van der Waals surface area (Å²) in [7, 11) is 1.62. The molecule has 4 rings (SSSR count). The van der Waals surface area contributed by atoms with Crippen molar-refractivity contribution >= 4 is 21.9 Å². The van der Waals surface area contributed by atoms with Crippen LogP contribution in [-0.4, -0.2) is 17.3 Å². The Bertz CT molecular complexity index is 1070. The summed E-state index contributed by atoms with van der Waals surface area (Å²) in [6, 6.07) is 16.4. The van der Waals surface area contributed by atoms with Gasteiger partial charge in [-0.15, -0.1) is 10.2 Å². The maximum absolute atomic E-state index is 12.1. The second kappa shape index (κ2) is 5.21. The highest BCUT2D eigenvalue weighted by Crippen LogP contribution is 2.25. The molecule has 2 aromatic carbocycles. The highest BCUT2D eigenvalue weighted by atomic mass is 16.5. The molecule has 2 heterocycles. The van der Waals surface area contributed by atoms with Gasteiger partial charge in [-0.2, -0.15) is 0 Å². The average Bonchev–Trinajstić information content (AvgIpc) is 2.61. The topological polar surface area (TPSA) is 65.2 Å². The normalized spacial score (nSPS) is 11.0. The van der Waals surface area contributed by atoms with E-state index in [2.05, 4.69) is 10.2 Å². The molecule has 5 nitrogen and oxygen atoms in total. The number of methoxy groups -OCH3 is 1. The quantitative estimate of drug-likeness (QED) is 0.531. The van der Waals surface area contributed by atoms with Crippen molar-refractivity contribution < 1.29 is 9.15 Å². The van der Waals surface area contributed by atoms with E-state index in [0.29, 0.717) is 22.2 Å². The number of ether oxygens (including phenoxy) is 1. The number of nitrogens with zero attached hydrogens (tertiary/aromatic N) is 2. The molecule has 0 bridgehead atoms. The molecule has 0 radical (unpaired) electrons. The molecule has 2 aromatic heterocycles. The zero-order valence-electron chi connectivity index (χ0n) is 12.3. The van der Waals surface area contributed by atoms with E-state index in [1.807, 2.05) is 36.4 Å². The highest BCUT2D eigenvalue weighted by molar-refractivity contribution is 6.01. The first-order valence-corrected chi connectivity index (χ1v) is 7.10. The molecule has 0 fully saturated rings. The first kappa shape index (κ1) is 13.5. The van der Waals surface area contributed by atoms with E-state index in [1.54, 1.807) is 25.3 Å². The third kappa shape index (κ3) is 2.23. The molecule has 5 heteroatoms. The van der Waals surface area contributed by atoms with E-state index in [-0.39, 0.29) is 5.63 Å². The standard InChI is InChI=1S/C18H12N2O3/c1-22-12-8-6-11(7-9-12)15-10-16-17(20-19-15)13-4-2-3-5-14(13)18(21)23-16/h2-10H,1H3. The summed E-state index contributed by atoms with van der Waals surface area (Å²) in [6.45, 7) is 0. The summed E-state index contributed by atoms with van der Waals surface area (Å²) in [6.07, 6.45) is 0. The van der Waals surface area contributed by atoms with Gasteiger partial charge in [0.1, 0.15) is 11.3 Å². The monoisotopic (exact) mass is 304 g/mol. The maximum Gasteiger partial charge on any atom is 0.344 e. The van der Waals surface area contributed by atoms with Gasteiger partial charge in [0.2, 0.25) is 0 Å². The van der Waals surface area contributed by atoms with Crippen molar-refractivity contribution in [3.8, 4) is 17.0 Å². The number of benzene rings is 2. The molecule has 0 aliphatic carbocycles. The van der Waals surface area contributed by atoms with Gasteiger partial charge in [0, 0.05) is 17.0 Å². The van der Waals surface area contributed by atoms with Crippen LogP contribution in [0.4, 0.5) is 0 Å². The zero-order chi connectivity index (χ0) is 15.8. The van der Waals surface area contributed by atoms with Crippen LogP contribution in [0.2, 0.25) is 0 Å². The van der Waals surface area contributed by atoms with Crippen LogP contribution < -0.4 is 10.4 Å². The fraction of sp³-hybridized carbons (Fsp3) is 0.0556. The second-order valence-electron chi connectivity index (χ2n) is 5.11. The lowest BCUT2D eigenvalue weighted by Crippen LogP contribution is -2.01. The van der Waals surface area contributed by atoms with Crippen LogP contribution in [0.1, 0.15) is 0 Å². The molecule has 23 heavy (non-hydrogen) atoms. The smallest absolute Gasteiger partial charge is 0.344 e. The number of hydrogen-bond donors (Lipinski definition) is 0. The second-order valence-corrected chi connectivity index (χ2v) is 5.11. The summed E-state index contributed by atoms with van der Waals surface area (Å²) in [5.41, 5.74) is 2.14. The Balaban J connectivity index is 1.94. The lowest BCUT2D eigenvalue weighted by molar-refractivity contribution is 0.415. The van der Waals surface area contributed by atoms with E-state index < -0.39 is 0 Å². The summed E-state index contributed by atoms with van der Waals surface area (Å²) >= 11 is 0. The maximum atomic E-state index is 12.1. The van der Waals surface area contributed by atoms with Crippen LogP contribution in [0.5, 0.6) is 5.75 Å². The first-order chi connectivity index (χ1) is 11.3. The molecule has 0 saturated carbocycles. The van der Waals surface area contributed by atoms with Crippen LogP contribution in [0, 0.1) is 0 Å². The van der Waals surface area contributed by atoms with Gasteiger partial charge in [0.05, 0.1) is 18.2 Å². The first-order valence-electron chi connectivity index (χ1n) is 7.10. The van der Waals surface area contributed by atoms with Crippen LogP contribution in [0.3, 0.4) is 0 Å². The summed E-state index contributed by atoms with van der Waals surface area (Å²) < 4.78 is 10.5. The number of aromatic nitrogens is 2. The van der Waals surface area contributed by atoms with Gasteiger partial charge >= 0.3 is 5.63 Å². The Kier molecular flexibility index (Phi) is 3.05. The minimum absolute atomic E-state index is 0.373. The molecule has 0 atom stereocenters. The number of rotatable bonds is 2. The molecule has 0 spiro atoms. The average molecular weight is 304 g/mol. The lowest BCUT2D eigenvalue weighted by Gasteiger charge is -2.05. The third-order valence-corrected chi connectivity index (χ3v) is 3.75. The molecule has 112 valence electrons. The Morgan fingerprint density at radius 3 is 2.43 bits per heavy atom. The highest BCUT2D eigenvalue weighted by Gasteiger charge is 2.10. The summed E-state index contributed by atoms with van der Waals surface area (Å²) in [5, 5.41) is 9.76. The van der Waals surface area contributed by atoms with Gasteiger partial charge in [-0.1, -0.05) is 18.2 Å². The minimum Gasteiger partial charge on any atom is -0.497 e. The fourth-order valence-corrected chi connectivity index (χ4v) is 2.56. The van der Waals surface area contributed by atoms with Gasteiger partial charge in [-0.3, -0.25) is 0 Å². The largest absolute Gasteiger partial charge is 0.497 e. The Morgan fingerprint density at radius 2 is 1.70 bits per heavy atom. The van der Waals surface area contributed by atoms with Crippen LogP contribution in [0.25, 0.3) is 33.1 Å². The summed E-state index contributed by atoms with van der Waals surface area (Å²) in [5.74, 6) is 0.764. The van der Waals surface area contributed by atoms with Crippen molar-refractivity contribution in [1.29, 1.82) is 0 Å². The molecule has 0 aliphatic rings. The molecule has 0 amide bonds. The van der Waals surface area contributed by atoms with Gasteiger partial charge in [0.15, 0.2) is 5.58 Å². The third-order valence-electron chi connectivity index (χ3n) is 3.75. The van der Waals surface area contributed by atoms with Crippen LogP contribution in [0.15, 0.2) is 63.8 Å². The lowest BCUT2D eigenvalue weighted by atomic mass is 10.1. The van der Waals surface area contributed by atoms with Gasteiger partial charge in [-0.05, 0) is 30.3 Å². The van der Waals surface area contributed by atoms with E-state index in [0.717, 1.165) is 16.7 Å². The van der Waals surface area contributed by atoms with Crippen LogP contribution in [-0.2, 0) is 0 Å². The molecule has 0 saturated heterocycles. The molecule has 0 N–H and O–H groups in total.